The number of nitrogens with one attached hydrogen (secondary N) is 1. The lowest BCUT2D eigenvalue weighted by Crippen LogP contribution is -2.42. The van der Waals surface area contributed by atoms with Gasteiger partial charge in [-0.15, -0.1) is 0 Å². The van der Waals surface area contributed by atoms with Crippen LogP contribution in [0, 0.1) is 5.92 Å². The van der Waals surface area contributed by atoms with Gasteiger partial charge in [0.15, 0.2) is 0 Å². The van der Waals surface area contributed by atoms with Gasteiger partial charge < -0.3 is 10.1 Å². The van der Waals surface area contributed by atoms with Crippen LogP contribution in [0.4, 0.5) is 0 Å². The first-order valence-corrected chi connectivity index (χ1v) is 7.53. The van der Waals surface area contributed by atoms with E-state index in [1.54, 1.807) is 13.0 Å². The molecular formula is C15H19Cl2NO3. The van der Waals surface area contributed by atoms with Crippen LogP contribution >= 0.6 is 23.2 Å². The molecule has 21 heavy (non-hydrogen) atoms. The second-order valence-corrected chi connectivity index (χ2v) is 5.88. The summed E-state index contributed by atoms with van der Waals surface area (Å²) in [5, 5.41) is 3.36. The molecule has 1 N–H and O–H groups in total. The monoisotopic (exact) mass is 331 g/mol. The van der Waals surface area contributed by atoms with Crippen molar-refractivity contribution in [3.05, 3.63) is 33.8 Å². The summed E-state index contributed by atoms with van der Waals surface area (Å²) in [6.45, 7) is 5.93. The fraction of sp³-hybridized carbons (Fsp3) is 0.467. The average molecular weight is 332 g/mol. The highest BCUT2D eigenvalue weighted by atomic mass is 35.5. The lowest BCUT2D eigenvalue weighted by molar-refractivity contribution is -0.145. The van der Waals surface area contributed by atoms with Crippen LogP contribution < -0.4 is 5.32 Å². The van der Waals surface area contributed by atoms with Gasteiger partial charge in [0, 0.05) is 5.02 Å². The predicted octanol–water partition coefficient (Wildman–Crippen LogP) is 3.70. The summed E-state index contributed by atoms with van der Waals surface area (Å²) in [7, 11) is 0. The van der Waals surface area contributed by atoms with Crippen molar-refractivity contribution in [1.29, 1.82) is 0 Å². The van der Waals surface area contributed by atoms with E-state index in [1.807, 2.05) is 13.8 Å². The molecule has 0 heterocycles. The molecule has 0 aliphatic rings. The summed E-state index contributed by atoms with van der Waals surface area (Å²) < 4.78 is 4.98. The predicted molar refractivity (Wildman–Crippen MR) is 83.8 cm³/mol. The maximum atomic E-state index is 12.2. The van der Waals surface area contributed by atoms with Gasteiger partial charge in [-0.3, -0.25) is 4.79 Å². The minimum Gasteiger partial charge on any atom is -0.464 e. The molecule has 116 valence electrons. The van der Waals surface area contributed by atoms with E-state index in [2.05, 4.69) is 5.32 Å². The molecule has 0 fully saturated rings. The van der Waals surface area contributed by atoms with Crippen molar-refractivity contribution in [2.75, 3.05) is 6.61 Å². The molecule has 0 radical (unpaired) electrons. The molecule has 0 spiro atoms. The number of carbonyl (C=O) groups excluding carboxylic acids is 2. The van der Waals surface area contributed by atoms with E-state index in [1.165, 1.54) is 12.1 Å². The topological polar surface area (TPSA) is 55.4 Å². The van der Waals surface area contributed by atoms with Crippen molar-refractivity contribution in [3.63, 3.8) is 0 Å². The molecule has 0 aromatic heterocycles. The zero-order valence-corrected chi connectivity index (χ0v) is 13.8. The van der Waals surface area contributed by atoms with Crippen LogP contribution in [0.25, 0.3) is 0 Å². The number of halogens is 2. The van der Waals surface area contributed by atoms with Crippen molar-refractivity contribution in [2.24, 2.45) is 5.92 Å². The summed E-state index contributed by atoms with van der Waals surface area (Å²) >= 11 is 11.8. The first-order chi connectivity index (χ1) is 9.85. The average Bonchev–Trinajstić information content (AvgIpc) is 2.37. The first-order valence-electron chi connectivity index (χ1n) is 6.77. The third-order valence-electron chi connectivity index (χ3n) is 2.76. The summed E-state index contributed by atoms with van der Waals surface area (Å²) in [4.78, 5) is 24.1. The molecule has 1 amide bonds. The van der Waals surface area contributed by atoms with Crippen LogP contribution in [-0.2, 0) is 9.53 Å². The van der Waals surface area contributed by atoms with Crippen LogP contribution in [0.5, 0.6) is 0 Å². The van der Waals surface area contributed by atoms with Gasteiger partial charge >= 0.3 is 5.97 Å². The van der Waals surface area contributed by atoms with Gasteiger partial charge in [-0.05, 0) is 37.5 Å². The lowest BCUT2D eigenvalue weighted by atomic mass is 10.0. The second kappa shape index (κ2) is 8.25. The largest absolute Gasteiger partial charge is 0.464 e. The Balaban J connectivity index is 2.86. The minimum atomic E-state index is -0.691. The molecule has 0 unspecified atom stereocenters. The van der Waals surface area contributed by atoms with E-state index in [0.717, 1.165) is 0 Å². The van der Waals surface area contributed by atoms with Crippen molar-refractivity contribution in [2.45, 2.75) is 33.2 Å². The molecule has 1 aromatic carbocycles. The van der Waals surface area contributed by atoms with Crippen molar-refractivity contribution >= 4 is 35.1 Å². The standard InChI is InChI=1S/C15H19Cl2NO3/c1-4-21-15(20)13(7-9(2)3)18-14(19)11-6-5-10(16)8-12(11)17/h5-6,8-9,13H,4,7H2,1-3H3,(H,18,19)/t13-/m0/s1. The normalized spacial score (nSPS) is 12.1. The molecule has 0 bridgehead atoms. The van der Waals surface area contributed by atoms with E-state index < -0.39 is 17.9 Å². The number of amides is 1. The Morgan fingerprint density at radius 3 is 2.48 bits per heavy atom. The number of benzene rings is 1. The highest BCUT2D eigenvalue weighted by Crippen LogP contribution is 2.21. The lowest BCUT2D eigenvalue weighted by Gasteiger charge is -2.19. The fourth-order valence-corrected chi connectivity index (χ4v) is 2.33. The molecular weight excluding hydrogens is 313 g/mol. The van der Waals surface area contributed by atoms with Crippen LogP contribution in [0.2, 0.25) is 10.0 Å². The Morgan fingerprint density at radius 2 is 1.95 bits per heavy atom. The Bertz CT molecular complexity index is 518. The zero-order chi connectivity index (χ0) is 16.0. The molecule has 0 saturated heterocycles. The van der Waals surface area contributed by atoms with Gasteiger partial charge in [0.25, 0.3) is 5.91 Å². The Kier molecular flexibility index (Phi) is 6.99. The van der Waals surface area contributed by atoms with Crippen molar-refractivity contribution < 1.29 is 14.3 Å². The molecule has 0 saturated carbocycles. The van der Waals surface area contributed by atoms with Gasteiger partial charge in [-0.2, -0.15) is 0 Å². The van der Waals surface area contributed by atoms with E-state index in [0.29, 0.717) is 11.4 Å². The number of rotatable bonds is 6. The number of carbonyl (C=O) groups is 2. The number of hydrogen-bond donors (Lipinski definition) is 1. The molecule has 6 heteroatoms. The van der Waals surface area contributed by atoms with Crippen LogP contribution in [0.1, 0.15) is 37.6 Å². The smallest absolute Gasteiger partial charge is 0.328 e. The third-order valence-corrected chi connectivity index (χ3v) is 3.31. The zero-order valence-electron chi connectivity index (χ0n) is 12.3. The fourth-order valence-electron chi connectivity index (χ4n) is 1.84. The molecule has 1 atom stereocenters. The summed E-state index contributed by atoms with van der Waals surface area (Å²) in [6.07, 6.45) is 0.496. The quantitative estimate of drug-likeness (QED) is 0.808. The maximum Gasteiger partial charge on any atom is 0.328 e. The van der Waals surface area contributed by atoms with E-state index in [-0.39, 0.29) is 23.1 Å². The second-order valence-electron chi connectivity index (χ2n) is 5.03. The number of ether oxygens (including phenoxy) is 1. The van der Waals surface area contributed by atoms with Gasteiger partial charge in [0.2, 0.25) is 0 Å². The summed E-state index contributed by atoms with van der Waals surface area (Å²) in [5.41, 5.74) is 0.277. The molecule has 4 nitrogen and oxygen atoms in total. The van der Waals surface area contributed by atoms with E-state index in [9.17, 15) is 9.59 Å². The Hall–Kier alpha value is -1.26. The minimum absolute atomic E-state index is 0.236. The van der Waals surface area contributed by atoms with Crippen molar-refractivity contribution in [3.8, 4) is 0 Å². The van der Waals surface area contributed by atoms with Crippen LogP contribution in [-0.4, -0.2) is 24.5 Å². The first kappa shape index (κ1) is 17.8. The highest BCUT2D eigenvalue weighted by Gasteiger charge is 2.24. The van der Waals surface area contributed by atoms with Crippen LogP contribution in [0.15, 0.2) is 18.2 Å². The molecule has 1 aromatic rings. The van der Waals surface area contributed by atoms with Gasteiger partial charge in [-0.25, -0.2) is 4.79 Å². The van der Waals surface area contributed by atoms with Gasteiger partial charge in [0.1, 0.15) is 6.04 Å². The van der Waals surface area contributed by atoms with Crippen molar-refractivity contribution in [1.82, 2.24) is 5.32 Å². The molecule has 0 aliphatic heterocycles. The van der Waals surface area contributed by atoms with E-state index >= 15 is 0 Å². The van der Waals surface area contributed by atoms with Gasteiger partial charge in [0.05, 0.1) is 17.2 Å². The van der Waals surface area contributed by atoms with E-state index in [4.69, 9.17) is 27.9 Å². The maximum absolute atomic E-state index is 12.2. The highest BCUT2D eigenvalue weighted by molar-refractivity contribution is 6.36. The number of esters is 1. The number of hydrogen-bond acceptors (Lipinski definition) is 3. The van der Waals surface area contributed by atoms with Crippen LogP contribution in [0.3, 0.4) is 0 Å². The summed E-state index contributed by atoms with van der Waals surface area (Å²) in [5.74, 6) is -0.625. The molecule has 0 aliphatic carbocycles. The molecule has 1 rings (SSSR count). The third kappa shape index (κ3) is 5.56. The van der Waals surface area contributed by atoms with Gasteiger partial charge in [-0.1, -0.05) is 37.0 Å². The summed E-state index contributed by atoms with van der Waals surface area (Å²) in [6, 6.07) is 3.89. The SMILES string of the molecule is CCOC(=O)[C@H](CC(C)C)NC(=O)c1ccc(Cl)cc1Cl. The Labute approximate surface area is 134 Å². The Morgan fingerprint density at radius 1 is 1.29 bits per heavy atom.